The first-order chi connectivity index (χ1) is 10.7. The van der Waals surface area contributed by atoms with Gasteiger partial charge in [0.05, 0.1) is 18.8 Å². The van der Waals surface area contributed by atoms with Crippen LogP contribution in [0.5, 0.6) is 11.5 Å². The summed E-state index contributed by atoms with van der Waals surface area (Å²) in [5, 5.41) is 12.4. The molecule has 1 aromatic carbocycles. The van der Waals surface area contributed by atoms with E-state index in [0.29, 0.717) is 38.0 Å². The van der Waals surface area contributed by atoms with Gasteiger partial charge in [-0.3, -0.25) is 9.59 Å². The summed E-state index contributed by atoms with van der Waals surface area (Å²) >= 11 is 0. The Morgan fingerprint density at radius 3 is 3.05 bits per heavy atom. The number of nitrogens with one attached hydrogen (secondary N) is 1. The third kappa shape index (κ3) is 3.65. The van der Waals surface area contributed by atoms with Crippen molar-refractivity contribution >= 4 is 12.2 Å². The minimum atomic E-state index is -0.134. The van der Waals surface area contributed by atoms with E-state index in [9.17, 15) is 14.7 Å². The van der Waals surface area contributed by atoms with E-state index in [1.54, 1.807) is 12.1 Å². The fourth-order valence-electron chi connectivity index (χ4n) is 2.25. The first kappa shape index (κ1) is 16.0. The summed E-state index contributed by atoms with van der Waals surface area (Å²) < 4.78 is 11.0. The topological polar surface area (TPSA) is 84.9 Å². The molecule has 0 fully saturated rings. The molecule has 0 aliphatic carbocycles. The Morgan fingerprint density at radius 2 is 2.32 bits per heavy atom. The molecule has 1 amide bonds. The number of aromatic hydroxyl groups is 1. The van der Waals surface area contributed by atoms with Gasteiger partial charge in [-0.2, -0.15) is 0 Å². The molecule has 0 atom stereocenters. The smallest absolute Gasteiger partial charge is 0.247 e. The zero-order valence-corrected chi connectivity index (χ0v) is 12.4. The van der Waals surface area contributed by atoms with E-state index in [1.165, 1.54) is 6.07 Å². The SMILES string of the molecule is CCNC(=O)C1=C(COc2cccc(O)c2C=O)COCC1. The number of hydrogen-bond acceptors (Lipinski definition) is 5. The maximum absolute atomic E-state index is 12.0. The molecule has 1 heterocycles. The zero-order chi connectivity index (χ0) is 15.9. The highest BCUT2D eigenvalue weighted by Gasteiger charge is 2.20. The van der Waals surface area contributed by atoms with Gasteiger partial charge < -0.3 is 19.9 Å². The van der Waals surface area contributed by atoms with Crippen LogP contribution >= 0.6 is 0 Å². The highest BCUT2D eigenvalue weighted by molar-refractivity contribution is 5.94. The van der Waals surface area contributed by atoms with Gasteiger partial charge in [-0.1, -0.05) is 6.07 Å². The van der Waals surface area contributed by atoms with Gasteiger partial charge in [-0.15, -0.1) is 0 Å². The third-order valence-electron chi connectivity index (χ3n) is 3.37. The second-order valence-corrected chi connectivity index (χ2v) is 4.84. The van der Waals surface area contributed by atoms with E-state index in [1.807, 2.05) is 6.92 Å². The maximum atomic E-state index is 12.0. The Labute approximate surface area is 128 Å². The zero-order valence-electron chi connectivity index (χ0n) is 12.4. The van der Waals surface area contributed by atoms with Gasteiger partial charge in [0.15, 0.2) is 6.29 Å². The number of phenolic OH excluding ortho intramolecular Hbond substituents is 1. The molecule has 0 unspecified atom stereocenters. The average molecular weight is 305 g/mol. The Balaban J connectivity index is 2.16. The van der Waals surface area contributed by atoms with Gasteiger partial charge in [0.1, 0.15) is 18.1 Å². The summed E-state index contributed by atoms with van der Waals surface area (Å²) in [5.41, 5.74) is 1.51. The molecule has 1 aliphatic heterocycles. The van der Waals surface area contributed by atoms with Gasteiger partial charge in [0.25, 0.3) is 0 Å². The molecule has 1 aliphatic rings. The minimum Gasteiger partial charge on any atom is -0.507 e. The van der Waals surface area contributed by atoms with Gasteiger partial charge in [0, 0.05) is 24.1 Å². The molecule has 0 saturated heterocycles. The lowest BCUT2D eigenvalue weighted by Crippen LogP contribution is -2.30. The molecule has 0 spiro atoms. The molecule has 0 radical (unpaired) electrons. The Morgan fingerprint density at radius 1 is 1.50 bits per heavy atom. The number of benzene rings is 1. The van der Waals surface area contributed by atoms with Gasteiger partial charge >= 0.3 is 0 Å². The van der Waals surface area contributed by atoms with Crippen LogP contribution in [0.1, 0.15) is 23.7 Å². The normalized spacial score (nSPS) is 14.6. The van der Waals surface area contributed by atoms with Crippen molar-refractivity contribution in [2.45, 2.75) is 13.3 Å². The Hall–Kier alpha value is -2.34. The molecule has 6 nitrogen and oxygen atoms in total. The van der Waals surface area contributed by atoms with E-state index in [0.717, 1.165) is 5.57 Å². The predicted molar refractivity (Wildman–Crippen MR) is 80.1 cm³/mol. The fraction of sp³-hybridized carbons (Fsp3) is 0.375. The van der Waals surface area contributed by atoms with E-state index < -0.39 is 0 Å². The number of carbonyl (C=O) groups is 2. The van der Waals surface area contributed by atoms with Crippen molar-refractivity contribution in [3.63, 3.8) is 0 Å². The van der Waals surface area contributed by atoms with Crippen molar-refractivity contribution in [2.24, 2.45) is 0 Å². The van der Waals surface area contributed by atoms with Crippen molar-refractivity contribution in [2.75, 3.05) is 26.4 Å². The third-order valence-corrected chi connectivity index (χ3v) is 3.37. The molecule has 1 aromatic rings. The van der Waals surface area contributed by atoms with Gasteiger partial charge in [0.2, 0.25) is 5.91 Å². The highest BCUT2D eigenvalue weighted by Crippen LogP contribution is 2.26. The van der Waals surface area contributed by atoms with Crippen LogP contribution in [-0.2, 0) is 9.53 Å². The second kappa shape index (κ2) is 7.61. The maximum Gasteiger partial charge on any atom is 0.247 e. The van der Waals surface area contributed by atoms with Crippen LogP contribution in [0.3, 0.4) is 0 Å². The van der Waals surface area contributed by atoms with E-state index in [4.69, 9.17) is 9.47 Å². The lowest BCUT2D eigenvalue weighted by Gasteiger charge is -2.21. The largest absolute Gasteiger partial charge is 0.507 e. The molecular formula is C16H19NO5. The summed E-state index contributed by atoms with van der Waals surface area (Å²) in [5.74, 6) is 0.0320. The predicted octanol–water partition coefficient (Wildman–Crippen LogP) is 1.44. The Kier molecular flexibility index (Phi) is 5.55. The molecule has 22 heavy (non-hydrogen) atoms. The average Bonchev–Trinajstić information content (AvgIpc) is 2.53. The molecule has 6 heteroatoms. The molecule has 2 N–H and O–H groups in total. The van der Waals surface area contributed by atoms with Crippen LogP contribution < -0.4 is 10.1 Å². The number of carbonyl (C=O) groups excluding carboxylic acids is 2. The Bertz CT molecular complexity index is 594. The van der Waals surface area contributed by atoms with E-state index in [-0.39, 0.29) is 29.6 Å². The molecule has 0 bridgehead atoms. The van der Waals surface area contributed by atoms with Crippen LogP contribution in [-0.4, -0.2) is 43.7 Å². The van der Waals surface area contributed by atoms with Crippen molar-refractivity contribution < 1.29 is 24.2 Å². The minimum absolute atomic E-state index is 0.0967. The van der Waals surface area contributed by atoms with Crippen molar-refractivity contribution in [1.82, 2.24) is 5.32 Å². The lowest BCUT2D eigenvalue weighted by molar-refractivity contribution is -0.118. The van der Waals surface area contributed by atoms with Gasteiger partial charge in [-0.25, -0.2) is 0 Å². The van der Waals surface area contributed by atoms with Crippen molar-refractivity contribution in [1.29, 1.82) is 0 Å². The monoisotopic (exact) mass is 305 g/mol. The van der Waals surface area contributed by atoms with E-state index in [2.05, 4.69) is 5.32 Å². The van der Waals surface area contributed by atoms with Crippen molar-refractivity contribution in [3.8, 4) is 11.5 Å². The summed E-state index contributed by atoms with van der Waals surface area (Å²) in [6.45, 7) is 3.37. The number of amides is 1. The first-order valence-corrected chi connectivity index (χ1v) is 7.14. The second-order valence-electron chi connectivity index (χ2n) is 4.84. The summed E-state index contributed by atoms with van der Waals surface area (Å²) in [6, 6.07) is 4.60. The first-order valence-electron chi connectivity index (χ1n) is 7.14. The number of hydrogen-bond donors (Lipinski definition) is 2. The molecular weight excluding hydrogens is 286 g/mol. The van der Waals surface area contributed by atoms with Crippen LogP contribution in [0.2, 0.25) is 0 Å². The lowest BCUT2D eigenvalue weighted by atomic mass is 10.0. The fourth-order valence-corrected chi connectivity index (χ4v) is 2.25. The van der Waals surface area contributed by atoms with Gasteiger partial charge in [-0.05, 0) is 19.1 Å². The number of phenols is 1. The summed E-state index contributed by atoms with van der Waals surface area (Å²) in [4.78, 5) is 23.0. The molecule has 118 valence electrons. The molecule has 0 saturated carbocycles. The number of likely N-dealkylation sites (N-methyl/N-ethyl adjacent to an activating group) is 1. The summed E-state index contributed by atoms with van der Waals surface area (Å²) in [6.07, 6.45) is 1.08. The summed E-state index contributed by atoms with van der Waals surface area (Å²) in [7, 11) is 0. The quantitative estimate of drug-likeness (QED) is 0.777. The molecule has 0 aromatic heterocycles. The van der Waals surface area contributed by atoms with Crippen LogP contribution in [0.25, 0.3) is 0 Å². The van der Waals surface area contributed by atoms with Crippen LogP contribution in [0.4, 0.5) is 0 Å². The van der Waals surface area contributed by atoms with Crippen LogP contribution in [0.15, 0.2) is 29.3 Å². The number of rotatable bonds is 6. The van der Waals surface area contributed by atoms with E-state index >= 15 is 0 Å². The molecule has 2 rings (SSSR count). The van der Waals surface area contributed by atoms with Crippen LogP contribution in [0, 0.1) is 0 Å². The van der Waals surface area contributed by atoms with Crippen molar-refractivity contribution in [3.05, 3.63) is 34.9 Å². The highest BCUT2D eigenvalue weighted by atomic mass is 16.5. The standard InChI is InChI=1S/C16H19NO5/c1-2-17-16(20)12-6-7-21-9-11(12)10-22-15-5-3-4-14(19)13(15)8-18/h3-5,8,19H,2,6-7,9-10H2,1H3,(H,17,20). The number of aldehydes is 1. The number of ether oxygens (including phenoxy) is 2.